The molecule has 1 aromatic rings. The van der Waals surface area contributed by atoms with Gasteiger partial charge in [0.15, 0.2) is 0 Å². The Kier molecular flexibility index (Phi) is 5.86. The number of nitrogens with zero attached hydrogens (tertiary/aromatic N) is 1. The molecule has 1 fully saturated rings. The molecule has 0 unspecified atom stereocenters. The number of hydrogen-bond donors (Lipinski definition) is 1. The van der Waals surface area contributed by atoms with Crippen molar-refractivity contribution in [2.75, 3.05) is 25.5 Å². The van der Waals surface area contributed by atoms with Crippen molar-refractivity contribution in [1.82, 2.24) is 10.2 Å². The molecule has 1 saturated heterocycles. The highest BCUT2D eigenvalue weighted by atomic mass is 35.5. The summed E-state index contributed by atoms with van der Waals surface area (Å²) in [7, 11) is 0. The van der Waals surface area contributed by atoms with Crippen LogP contribution in [-0.2, 0) is 4.79 Å². The summed E-state index contributed by atoms with van der Waals surface area (Å²) >= 11 is 7.04. The fourth-order valence-electron chi connectivity index (χ4n) is 2.32. The lowest BCUT2D eigenvalue weighted by atomic mass is 9.96. The van der Waals surface area contributed by atoms with Crippen LogP contribution in [0.4, 0.5) is 0 Å². The molecular weight excluding hydrogens is 296 g/mol. The van der Waals surface area contributed by atoms with Gasteiger partial charge in [-0.1, -0.05) is 6.07 Å². The van der Waals surface area contributed by atoms with E-state index in [9.17, 15) is 9.59 Å². The molecule has 1 aromatic heterocycles. The van der Waals surface area contributed by atoms with Crippen LogP contribution in [0.25, 0.3) is 0 Å². The molecule has 2 rings (SSSR count). The largest absolute Gasteiger partial charge is 0.356 e. The number of likely N-dealkylation sites (tertiary alicyclic amines) is 1. The highest BCUT2D eigenvalue weighted by Gasteiger charge is 2.27. The molecule has 2 heterocycles. The van der Waals surface area contributed by atoms with E-state index in [1.165, 1.54) is 11.3 Å². The third-order valence-corrected chi connectivity index (χ3v) is 4.62. The van der Waals surface area contributed by atoms with Crippen molar-refractivity contribution < 1.29 is 9.59 Å². The molecule has 0 atom stereocenters. The standard InChI is InChI=1S/C14H19ClN2O2S/c15-6-2-7-16-13(18)11-4-8-17(9-5-11)14(19)12-3-1-10-20-12/h1,3,10-11H,2,4-9H2,(H,16,18). The Morgan fingerprint density at radius 3 is 2.75 bits per heavy atom. The van der Waals surface area contributed by atoms with Gasteiger partial charge in [-0.15, -0.1) is 22.9 Å². The Balaban J connectivity index is 1.77. The smallest absolute Gasteiger partial charge is 0.263 e. The van der Waals surface area contributed by atoms with Gasteiger partial charge in [-0.3, -0.25) is 9.59 Å². The van der Waals surface area contributed by atoms with Crippen LogP contribution < -0.4 is 5.32 Å². The first kappa shape index (κ1) is 15.3. The van der Waals surface area contributed by atoms with Gasteiger partial charge < -0.3 is 10.2 Å². The third-order valence-electron chi connectivity index (χ3n) is 3.49. The number of halogens is 1. The quantitative estimate of drug-likeness (QED) is 0.670. The summed E-state index contributed by atoms with van der Waals surface area (Å²) in [5.41, 5.74) is 0. The maximum absolute atomic E-state index is 12.2. The van der Waals surface area contributed by atoms with Crippen LogP contribution in [0.5, 0.6) is 0 Å². The maximum atomic E-state index is 12.2. The predicted molar refractivity (Wildman–Crippen MR) is 81.3 cm³/mol. The molecule has 0 bridgehead atoms. The summed E-state index contributed by atoms with van der Waals surface area (Å²) in [4.78, 5) is 26.7. The number of alkyl halides is 1. The molecule has 0 aliphatic carbocycles. The molecule has 20 heavy (non-hydrogen) atoms. The minimum absolute atomic E-state index is 0.0257. The van der Waals surface area contributed by atoms with Crippen LogP contribution in [0.15, 0.2) is 17.5 Å². The van der Waals surface area contributed by atoms with E-state index in [0.717, 1.165) is 24.1 Å². The van der Waals surface area contributed by atoms with E-state index in [4.69, 9.17) is 11.6 Å². The molecule has 4 nitrogen and oxygen atoms in total. The number of hydrogen-bond acceptors (Lipinski definition) is 3. The minimum Gasteiger partial charge on any atom is -0.356 e. The van der Waals surface area contributed by atoms with Crippen LogP contribution in [0, 0.1) is 5.92 Å². The number of amides is 2. The van der Waals surface area contributed by atoms with Gasteiger partial charge in [0.2, 0.25) is 5.91 Å². The molecule has 1 aliphatic rings. The maximum Gasteiger partial charge on any atom is 0.263 e. The second-order valence-corrected chi connectivity index (χ2v) is 6.20. The molecule has 0 saturated carbocycles. The fourth-order valence-corrected chi connectivity index (χ4v) is 3.15. The Bertz CT molecular complexity index is 442. The van der Waals surface area contributed by atoms with Gasteiger partial charge in [-0.25, -0.2) is 0 Å². The summed E-state index contributed by atoms with van der Waals surface area (Å²) in [6.45, 7) is 1.95. The zero-order valence-electron chi connectivity index (χ0n) is 11.3. The van der Waals surface area contributed by atoms with Crippen molar-refractivity contribution >= 4 is 34.8 Å². The third kappa shape index (κ3) is 3.96. The lowest BCUT2D eigenvalue weighted by Crippen LogP contribution is -2.43. The average molecular weight is 315 g/mol. The van der Waals surface area contributed by atoms with Crippen LogP contribution >= 0.6 is 22.9 Å². The fraction of sp³-hybridized carbons (Fsp3) is 0.571. The van der Waals surface area contributed by atoms with Gasteiger partial charge in [0.25, 0.3) is 5.91 Å². The van der Waals surface area contributed by atoms with Crippen LogP contribution in [0.3, 0.4) is 0 Å². The number of rotatable bonds is 5. The van der Waals surface area contributed by atoms with E-state index in [1.54, 1.807) is 0 Å². The number of carbonyl (C=O) groups excluding carboxylic acids is 2. The van der Waals surface area contributed by atoms with Gasteiger partial charge in [0.05, 0.1) is 4.88 Å². The van der Waals surface area contributed by atoms with Crippen molar-refractivity contribution in [2.45, 2.75) is 19.3 Å². The summed E-state index contributed by atoms with van der Waals surface area (Å²) in [5.74, 6) is 0.769. The topological polar surface area (TPSA) is 49.4 Å². The summed E-state index contributed by atoms with van der Waals surface area (Å²) in [6.07, 6.45) is 2.27. The molecule has 1 N–H and O–H groups in total. The minimum atomic E-state index is 0.0257. The van der Waals surface area contributed by atoms with E-state index >= 15 is 0 Å². The molecule has 1 aliphatic heterocycles. The first-order valence-electron chi connectivity index (χ1n) is 6.89. The molecule has 6 heteroatoms. The highest BCUT2D eigenvalue weighted by molar-refractivity contribution is 7.12. The van der Waals surface area contributed by atoms with E-state index < -0.39 is 0 Å². The normalized spacial score (nSPS) is 16.1. The van der Waals surface area contributed by atoms with E-state index in [2.05, 4.69) is 5.32 Å². The van der Waals surface area contributed by atoms with Crippen LogP contribution in [-0.4, -0.2) is 42.2 Å². The molecule has 0 spiro atoms. The molecule has 0 radical (unpaired) electrons. The summed E-state index contributed by atoms with van der Waals surface area (Å²) < 4.78 is 0. The number of nitrogens with one attached hydrogen (secondary N) is 1. The van der Waals surface area contributed by atoms with E-state index in [0.29, 0.717) is 25.5 Å². The molecule has 2 amide bonds. The highest BCUT2D eigenvalue weighted by Crippen LogP contribution is 2.20. The zero-order valence-corrected chi connectivity index (χ0v) is 12.9. The Morgan fingerprint density at radius 1 is 1.40 bits per heavy atom. The van der Waals surface area contributed by atoms with Gasteiger partial charge in [0.1, 0.15) is 0 Å². The number of piperidine rings is 1. The molecule has 110 valence electrons. The second-order valence-electron chi connectivity index (χ2n) is 4.88. The van der Waals surface area contributed by atoms with Crippen LogP contribution in [0.2, 0.25) is 0 Å². The Hall–Kier alpha value is -1.07. The lowest BCUT2D eigenvalue weighted by molar-refractivity contribution is -0.126. The van der Waals surface area contributed by atoms with E-state index in [-0.39, 0.29) is 17.7 Å². The van der Waals surface area contributed by atoms with Gasteiger partial charge in [-0.2, -0.15) is 0 Å². The average Bonchev–Trinajstić information content (AvgIpc) is 3.01. The van der Waals surface area contributed by atoms with Crippen LogP contribution in [0.1, 0.15) is 28.9 Å². The van der Waals surface area contributed by atoms with Crippen molar-refractivity contribution in [3.8, 4) is 0 Å². The number of carbonyl (C=O) groups is 2. The number of thiophene rings is 1. The van der Waals surface area contributed by atoms with Gasteiger partial charge in [0, 0.05) is 31.4 Å². The van der Waals surface area contributed by atoms with Gasteiger partial charge >= 0.3 is 0 Å². The second kappa shape index (κ2) is 7.64. The predicted octanol–water partition coefficient (Wildman–Crippen LogP) is 2.35. The van der Waals surface area contributed by atoms with Crippen molar-refractivity contribution in [3.63, 3.8) is 0 Å². The first-order chi connectivity index (χ1) is 9.72. The van der Waals surface area contributed by atoms with E-state index in [1.807, 2.05) is 22.4 Å². The summed E-state index contributed by atoms with van der Waals surface area (Å²) in [6, 6.07) is 3.73. The first-order valence-corrected chi connectivity index (χ1v) is 8.30. The Labute approximate surface area is 128 Å². The summed E-state index contributed by atoms with van der Waals surface area (Å²) in [5, 5.41) is 4.81. The zero-order chi connectivity index (χ0) is 14.4. The molecule has 0 aromatic carbocycles. The Morgan fingerprint density at radius 2 is 2.15 bits per heavy atom. The van der Waals surface area contributed by atoms with Crippen molar-refractivity contribution in [2.24, 2.45) is 5.92 Å². The monoisotopic (exact) mass is 314 g/mol. The molecular formula is C14H19ClN2O2S. The van der Waals surface area contributed by atoms with Crippen molar-refractivity contribution in [1.29, 1.82) is 0 Å². The van der Waals surface area contributed by atoms with Gasteiger partial charge in [-0.05, 0) is 30.7 Å². The SMILES string of the molecule is O=C(NCCCCl)C1CCN(C(=O)c2cccs2)CC1. The van der Waals surface area contributed by atoms with Crippen molar-refractivity contribution in [3.05, 3.63) is 22.4 Å². The lowest BCUT2D eigenvalue weighted by Gasteiger charge is -2.31.